The van der Waals surface area contributed by atoms with E-state index < -0.39 is 0 Å². The molecular weight excluding hydrogens is 214 g/mol. The number of carbonyl (C=O) groups excluding carboxylic acids is 1. The summed E-state index contributed by atoms with van der Waals surface area (Å²) in [4.78, 5) is 11.3. The predicted molar refractivity (Wildman–Crippen MR) is 59.4 cm³/mol. The van der Waals surface area contributed by atoms with Crippen LogP contribution in [0.4, 0.5) is 0 Å². The summed E-state index contributed by atoms with van der Waals surface area (Å²) >= 11 is 1.67. The molecule has 0 spiro atoms. The summed E-state index contributed by atoms with van der Waals surface area (Å²) in [6, 6.07) is -0.277. The lowest BCUT2D eigenvalue weighted by Gasteiger charge is -2.22. The second-order valence-electron chi connectivity index (χ2n) is 3.58. The van der Waals surface area contributed by atoms with Crippen molar-refractivity contribution in [2.75, 3.05) is 19.0 Å². The van der Waals surface area contributed by atoms with E-state index in [-0.39, 0.29) is 17.4 Å². The Hall–Kier alpha value is -0.260. The van der Waals surface area contributed by atoms with Crippen molar-refractivity contribution in [1.29, 1.82) is 0 Å². The molecule has 0 unspecified atom stereocenters. The maximum Gasteiger partial charge on any atom is 0.365 e. The number of quaternary nitrogens is 1. The van der Waals surface area contributed by atoms with Gasteiger partial charge in [0.15, 0.2) is 6.04 Å². The molecule has 1 aliphatic heterocycles. The average molecular weight is 234 g/mol. The molecule has 1 aliphatic rings. The lowest BCUT2D eigenvalue weighted by atomic mass is 10.2. The van der Waals surface area contributed by atoms with Gasteiger partial charge in [0.1, 0.15) is 5.44 Å². The SMILES string of the molecule is CCOC(=O)[C@@H]([NH3+])CS[C@H]1CCCCO1. The van der Waals surface area contributed by atoms with E-state index >= 15 is 0 Å². The van der Waals surface area contributed by atoms with E-state index in [2.05, 4.69) is 5.73 Å². The normalized spacial score (nSPS) is 23.5. The van der Waals surface area contributed by atoms with Crippen molar-refractivity contribution in [3.63, 3.8) is 0 Å². The molecular formula is C10H20NO3S+. The van der Waals surface area contributed by atoms with Crippen LogP contribution in [0.25, 0.3) is 0 Å². The zero-order valence-corrected chi connectivity index (χ0v) is 10.1. The third kappa shape index (κ3) is 4.86. The molecule has 1 rings (SSSR count). The van der Waals surface area contributed by atoms with Gasteiger partial charge in [-0.05, 0) is 26.2 Å². The average Bonchev–Trinajstić information content (AvgIpc) is 2.27. The summed E-state index contributed by atoms with van der Waals surface area (Å²) in [5.41, 5.74) is 4.04. The molecule has 0 aromatic carbocycles. The van der Waals surface area contributed by atoms with Gasteiger partial charge in [0, 0.05) is 6.61 Å². The Labute approximate surface area is 94.9 Å². The van der Waals surface area contributed by atoms with Crippen LogP contribution in [0, 0.1) is 0 Å². The third-order valence-corrected chi connectivity index (χ3v) is 3.58. The van der Waals surface area contributed by atoms with Gasteiger partial charge < -0.3 is 15.2 Å². The molecule has 1 saturated heterocycles. The number of esters is 1. The van der Waals surface area contributed by atoms with Gasteiger partial charge in [-0.1, -0.05) is 0 Å². The largest absolute Gasteiger partial charge is 0.462 e. The maximum absolute atomic E-state index is 11.3. The minimum atomic E-state index is -0.277. The van der Waals surface area contributed by atoms with E-state index in [1.165, 1.54) is 6.42 Å². The number of hydrogen-bond donors (Lipinski definition) is 1. The number of thioether (sulfide) groups is 1. The van der Waals surface area contributed by atoms with E-state index in [0.29, 0.717) is 12.4 Å². The first-order valence-electron chi connectivity index (χ1n) is 5.47. The van der Waals surface area contributed by atoms with Crippen LogP contribution >= 0.6 is 11.8 Å². The van der Waals surface area contributed by atoms with Gasteiger partial charge in [-0.2, -0.15) is 0 Å². The predicted octanol–water partition coefficient (Wildman–Crippen LogP) is 0.420. The molecule has 0 bridgehead atoms. The first-order chi connectivity index (χ1) is 7.24. The quantitative estimate of drug-likeness (QED) is 0.700. The Morgan fingerprint density at radius 2 is 2.47 bits per heavy atom. The van der Waals surface area contributed by atoms with Gasteiger partial charge in [0.25, 0.3) is 0 Å². The van der Waals surface area contributed by atoms with Crippen LogP contribution < -0.4 is 5.73 Å². The Morgan fingerprint density at radius 1 is 1.67 bits per heavy atom. The first kappa shape index (κ1) is 12.8. The number of rotatable bonds is 5. The highest BCUT2D eigenvalue weighted by Gasteiger charge is 2.22. The van der Waals surface area contributed by atoms with E-state index in [0.717, 1.165) is 19.4 Å². The number of hydrogen-bond acceptors (Lipinski definition) is 4. The first-order valence-corrected chi connectivity index (χ1v) is 6.51. The van der Waals surface area contributed by atoms with E-state index in [1.807, 2.05) is 6.92 Å². The Balaban J connectivity index is 2.14. The minimum Gasteiger partial charge on any atom is -0.462 e. The molecule has 5 heteroatoms. The molecule has 2 atom stereocenters. The summed E-state index contributed by atoms with van der Waals surface area (Å²) in [7, 11) is 0. The fourth-order valence-electron chi connectivity index (χ4n) is 1.39. The Bertz CT molecular complexity index is 195. The van der Waals surface area contributed by atoms with E-state index in [9.17, 15) is 4.79 Å². The molecule has 4 nitrogen and oxygen atoms in total. The van der Waals surface area contributed by atoms with Gasteiger partial charge in [0.05, 0.1) is 12.4 Å². The molecule has 1 fully saturated rings. The fourth-order valence-corrected chi connectivity index (χ4v) is 2.50. The standard InChI is InChI=1S/C10H19NO3S/c1-2-13-10(12)8(11)7-15-9-5-3-4-6-14-9/h8-9H,2-7,11H2,1H3/p+1/t8-,9-/m0/s1. The molecule has 1 heterocycles. The zero-order valence-electron chi connectivity index (χ0n) is 9.24. The Kier molecular flexibility index (Phi) is 6.05. The number of carbonyl (C=O) groups is 1. The van der Waals surface area contributed by atoms with Crippen LogP contribution in [0.15, 0.2) is 0 Å². The molecule has 0 saturated carbocycles. The molecule has 88 valence electrons. The van der Waals surface area contributed by atoms with E-state index in [4.69, 9.17) is 9.47 Å². The topological polar surface area (TPSA) is 63.2 Å². The van der Waals surface area contributed by atoms with Crippen molar-refractivity contribution >= 4 is 17.7 Å². The van der Waals surface area contributed by atoms with Crippen molar-refractivity contribution in [3.05, 3.63) is 0 Å². The molecule has 0 aliphatic carbocycles. The summed E-state index contributed by atoms with van der Waals surface area (Å²) < 4.78 is 10.4. The van der Waals surface area contributed by atoms with Crippen LogP contribution in [0.3, 0.4) is 0 Å². The van der Waals surface area contributed by atoms with Crippen LogP contribution in [0.5, 0.6) is 0 Å². The summed E-state index contributed by atoms with van der Waals surface area (Å²) in [6.07, 6.45) is 3.46. The van der Waals surface area contributed by atoms with Crippen molar-refractivity contribution < 1.29 is 20.0 Å². The lowest BCUT2D eigenvalue weighted by molar-refractivity contribution is -0.401. The highest BCUT2D eigenvalue weighted by atomic mass is 32.2. The van der Waals surface area contributed by atoms with Crippen LogP contribution in [-0.2, 0) is 14.3 Å². The second kappa shape index (κ2) is 7.09. The van der Waals surface area contributed by atoms with E-state index in [1.54, 1.807) is 11.8 Å². The second-order valence-corrected chi connectivity index (χ2v) is 4.77. The van der Waals surface area contributed by atoms with Gasteiger partial charge in [-0.25, -0.2) is 4.79 Å². The molecule has 15 heavy (non-hydrogen) atoms. The highest BCUT2D eigenvalue weighted by Crippen LogP contribution is 2.23. The van der Waals surface area contributed by atoms with Crippen molar-refractivity contribution in [1.82, 2.24) is 0 Å². The van der Waals surface area contributed by atoms with Gasteiger partial charge in [-0.3, -0.25) is 0 Å². The summed E-state index contributed by atoms with van der Waals surface area (Å²) in [6.45, 7) is 3.08. The number of ether oxygens (including phenoxy) is 2. The van der Waals surface area contributed by atoms with Crippen LogP contribution in [0.2, 0.25) is 0 Å². The monoisotopic (exact) mass is 234 g/mol. The molecule has 0 aromatic heterocycles. The van der Waals surface area contributed by atoms with Crippen LogP contribution in [0.1, 0.15) is 26.2 Å². The molecule has 0 radical (unpaired) electrons. The minimum absolute atomic E-state index is 0.208. The van der Waals surface area contributed by atoms with Crippen molar-refractivity contribution in [2.24, 2.45) is 0 Å². The maximum atomic E-state index is 11.3. The van der Waals surface area contributed by atoms with Gasteiger partial charge in [-0.15, -0.1) is 11.8 Å². The highest BCUT2D eigenvalue weighted by molar-refractivity contribution is 7.99. The van der Waals surface area contributed by atoms with Gasteiger partial charge in [0.2, 0.25) is 0 Å². The zero-order chi connectivity index (χ0) is 11.1. The lowest BCUT2D eigenvalue weighted by Crippen LogP contribution is -2.66. The molecule has 3 N–H and O–H groups in total. The third-order valence-electron chi connectivity index (χ3n) is 2.24. The summed E-state index contributed by atoms with van der Waals surface area (Å²) in [5.74, 6) is 0.476. The molecule has 0 amide bonds. The van der Waals surface area contributed by atoms with Crippen molar-refractivity contribution in [3.8, 4) is 0 Å². The van der Waals surface area contributed by atoms with Gasteiger partial charge >= 0.3 is 5.97 Å². The fraction of sp³-hybridized carbons (Fsp3) is 0.900. The summed E-state index contributed by atoms with van der Waals surface area (Å²) in [5, 5.41) is 0. The van der Waals surface area contributed by atoms with Crippen LogP contribution in [-0.4, -0.2) is 36.4 Å². The Morgan fingerprint density at radius 3 is 3.07 bits per heavy atom. The van der Waals surface area contributed by atoms with Crippen molar-refractivity contribution in [2.45, 2.75) is 37.7 Å². The smallest absolute Gasteiger partial charge is 0.365 e. The molecule has 0 aromatic rings.